The first-order chi connectivity index (χ1) is 5.40. The molecule has 11 heavy (non-hydrogen) atoms. The summed E-state index contributed by atoms with van der Waals surface area (Å²) in [6, 6.07) is 1.33. The van der Waals surface area contributed by atoms with Gasteiger partial charge in [0.1, 0.15) is 0 Å². The average molecular weight is 164 g/mol. The predicted octanol–water partition coefficient (Wildman–Crippen LogP) is 1.54. The van der Waals surface area contributed by atoms with Crippen molar-refractivity contribution in [1.82, 2.24) is 0 Å². The Morgan fingerprint density at radius 3 is 2.82 bits per heavy atom. The van der Waals surface area contributed by atoms with Gasteiger partial charge in [-0.15, -0.1) is 0 Å². The zero-order valence-corrected chi connectivity index (χ0v) is 9.16. The molecule has 1 fully saturated rings. The second-order valence-electron chi connectivity index (χ2n) is 3.78. The molecule has 2 bridgehead atoms. The minimum absolute atomic E-state index is 0.902. The van der Waals surface area contributed by atoms with Gasteiger partial charge >= 0.3 is 0 Å². The molecular weight excluding hydrogens is 148 g/mol. The van der Waals surface area contributed by atoms with Gasteiger partial charge in [-0.1, -0.05) is 24.3 Å². The summed E-state index contributed by atoms with van der Waals surface area (Å²) in [7, 11) is 1.32. The van der Waals surface area contributed by atoms with Crippen LogP contribution in [0.2, 0.25) is 6.04 Å². The lowest BCUT2D eigenvalue weighted by molar-refractivity contribution is 0.549. The summed E-state index contributed by atoms with van der Waals surface area (Å²) < 4.78 is 0. The highest BCUT2D eigenvalue weighted by Crippen LogP contribution is 2.43. The van der Waals surface area contributed by atoms with Crippen molar-refractivity contribution < 1.29 is 0 Å². The van der Waals surface area contributed by atoms with E-state index in [0.29, 0.717) is 0 Å². The van der Waals surface area contributed by atoms with Crippen LogP contribution in [-0.2, 0) is 0 Å². The summed E-state index contributed by atoms with van der Waals surface area (Å²) in [6.45, 7) is 0. The van der Waals surface area contributed by atoms with Crippen molar-refractivity contribution in [1.29, 1.82) is 0 Å². The van der Waals surface area contributed by atoms with E-state index in [2.05, 4.69) is 24.3 Å². The summed E-state index contributed by atoms with van der Waals surface area (Å²) in [5.74, 6) is 2.74. The van der Waals surface area contributed by atoms with Crippen molar-refractivity contribution in [2.24, 2.45) is 17.8 Å². The molecule has 0 aliphatic heterocycles. The SMILES string of the molecule is [SiH3]CC=CC1CC2C=CC1C2. The highest BCUT2D eigenvalue weighted by Gasteiger charge is 2.33. The summed E-state index contributed by atoms with van der Waals surface area (Å²) >= 11 is 0. The van der Waals surface area contributed by atoms with Crippen LogP contribution in [0.1, 0.15) is 12.8 Å². The van der Waals surface area contributed by atoms with Gasteiger partial charge in [-0.25, -0.2) is 0 Å². The van der Waals surface area contributed by atoms with Gasteiger partial charge in [-0.05, 0) is 36.6 Å². The van der Waals surface area contributed by atoms with Crippen molar-refractivity contribution in [2.45, 2.75) is 18.9 Å². The number of allylic oxidation sites excluding steroid dienone is 4. The fourth-order valence-corrected chi connectivity index (χ4v) is 2.63. The maximum absolute atomic E-state index is 2.46. The zero-order chi connectivity index (χ0) is 7.68. The number of fused-ring (bicyclic) bond motifs is 2. The van der Waals surface area contributed by atoms with Crippen LogP contribution in [0.25, 0.3) is 0 Å². The number of hydrogen-bond donors (Lipinski definition) is 0. The van der Waals surface area contributed by atoms with Crippen LogP contribution in [-0.4, -0.2) is 10.2 Å². The van der Waals surface area contributed by atoms with Gasteiger partial charge in [-0.3, -0.25) is 0 Å². The van der Waals surface area contributed by atoms with Crippen LogP contribution in [0.5, 0.6) is 0 Å². The van der Waals surface area contributed by atoms with Crippen molar-refractivity contribution in [3.8, 4) is 0 Å². The Morgan fingerprint density at radius 2 is 2.27 bits per heavy atom. The lowest BCUT2D eigenvalue weighted by Crippen LogP contribution is -2.02. The summed E-state index contributed by atoms with van der Waals surface area (Å²) in [6.07, 6.45) is 12.5. The maximum atomic E-state index is 2.46. The normalized spacial score (nSPS) is 41.3. The van der Waals surface area contributed by atoms with Crippen LogP contribution >= 0.6 is 0 Å². The number of hydrogen-bond acceptors (Lipinski definition) is 0. The predicted molar refractivity (Wildman–Crippen MR) is 52.7 cm³/mol. The molecule has 0 aromatic carbocycles. The zero-order valence-electron chi connectivity index (χ0n) is 7.16. The lowest BCUT2D eigenvalue weighted by Gasteiger charge is -2.12. The van der Waals surface area contributed by atoms with Crippen LogP contribution < -0.4 is 0 Å². The molecule has 3 atom stereocenters. The second kappa shape index (κ2) is 2.98. The molecule has 1 saturated carbocycles. The van der Waals surface area contributed by atoms with E-state index in [1.807, 2.05) is 0 Å². The van der Waals surface area contributed by atoms with Crippen molar-refractivity contribution in [3.63, 3.8) is 0 Å². The minimum atomic E-state index is 0.902. The Bertz CT molecular complexity index is 193. The van der Waals surface area contributed by atoms with E-state index in [9.17, 15) is 0 Å². The Morgan fingerprint density at radius 1 is 1.36 bits per heavy atom. The van der Waals surface area contributed by atoms with Gasteiger partial charge in [0.05, 0.1) is 0 Å². The summed E-state index contributed by atoms with van der Waals surface area (Å²) in [5, 5.41) is 0. The van der Waals surface area contributed by atoms with Crippen molar-refractivity contribution in [3.05, 3.63) is 24.3 Å². The van der Waals surface area contributed by atoms with Gasteiger partial charge in [-0.2, -0.15) is 0 Å². The van der Waals surface area contributed by atoms with E-state index in [0.717, 1.165) is 17.8 Å². The molecule has 60 valence electrons. The van der Waals surface area contributed by atoms with Crippen LogP contribution in [0, 0.1) is 17.8 Å². The molecule has 0 N–H and O–H groups in total. The van der Waals surface area contributed by atoms with E-state index < -0.39 is 0 Å². The highest BCUT2D eigenvalue weighted by molar-refractivity contribution is 6.09. The maximum Gasteiger partial charge on any atom is 0.00754 e. The number of rotatable bonds is 2. The van der Waals surface area contributed by atoms with Crippen LogP contribution in [0.4, 0.5) is 0 Å². The topological polar surface area (TPSA) is 0 Å². The Hall–Kier alpha value is -0.303. The standard InChI is InChI=1S/C10H16Si/c11-5-1-2-9-6-8-3-4-10(9)7-8/h1-4,8-10H,5-7H2,11H3. The molecule has 0 spiro atoms. The van der Waals surface area contributed by atoms with Gasteiger partial charge in [0, 0.05) is 10.2 Å². The molecular formula is C10H16Si. The first kappa shape index (κ1) is 7.35. The van der Waals surface area contributed by atoms with E-state index in [1.165, 1.54) is 29.1 Å². The van der Waals surface area contributed by atoms with E-state index in [1.54, 1.807) is 0 Å². The highest BCUT2D eigenvalue weighted by atomic mass is 28.1. The lowest BCUT2D eigenvalue weighted by atomic mass is 9.93. The molecule has 0 aromatic rings. The van der Waals surface area contributed by atoms with Crippen molar-refractivity contribution in [2.75, 3.05) is 0 Å². The van der Waals surface area contributed by atoms with Crippen molar-refractivity contribution >= 4 is 10.2 Å². The fourth-order valence-electron chi connectivity index (χ4n) is 2.36. The molecule has 0 radical (unpaired) electrons. The summed E-state index contributed by atoms with van der Waals surface area (Å²) in [5.41, 5.74) is 0. The quantitative estimate of drug-likeness (QED) is 0.429. The van der Waals surface area contributed by atoms with E-state index in [-0.39, 0.29) is 0 Å². The Labute approximate surface area is 71.8 Å². The molecule has 0 aromatic heterocycles. The molecule has 2 aliphatic carbocycles. The molecule has 3 unspecified atom stereocenters. The van der Waals surface area contributed by atoms with E-state index >= 15 is 0 Å². The largest absolute Gasteiger partial charge is 0.0918 e. The molecule has 2 aliphatic rings. The first-order valence-electron chi connectivity index (χ1n) is 4.75. The minimum Gasteiger partial charge on any atom is -0.0918 e. The Balaban J connectivity index is 1.98. The second-order valence-corrected chi connectivity index (χ2v) is 4.60. The first-order valence-corrected chi connectivity index (χ1v) is 6.16. The van der Waals surface area contributed by atoms with Gasteiger partial charge in [0.2, 0.25) is 0 Å². The smallest absolute Gasteiger partial charge is 0.00754 e. The molecule has 0 saturated heterocycles. The third-order valence-electron chi connectivity index (χ3n) is 2.95. The third-order valence-corrected chi connectivity index (χ3v) is 3.42. The monoisotopic (exact) mass is 164 g/mol. The summed E-state index contributed by atoms with van der Waals surface area (Å²) in [4.78, 5) is 0. The molecule has 0 heterocycles. The van der Waals surface area contributed by atoms with Crippen LogP contribution in [0.3, 0.4) is 0 Å². The molecule has 2 rings (SSSR count). The third kappa shape index (κ3) is 1.34. The van der Waals surface area contributed by atoms with Gasteiger partial charge in [0.15, 0.2) is 0 Å². The molecule has 1 heteroatoms. The fraction of sp³-hybridized carbons (Fsp3) is 0.600. The molecule has 0 amide bonds. The molecule has 0 nitrogen and oxygen atoms in total. The average Bonchev–Trinajstić information content (AvgIpc) is 2.60. The van der Waals surface area contributed by atoms with E-state index in [4.69, 9.17) is 0 Å². The Kier molecular flexibility index (Phi) is 1.99. The van der Waals surface area contributed by atoms with Gasteiger partial charge in [0.25, 0.3) is 0 Å². The van der Waals surface area contributed by atoms with Gasteiger partial charge < -0.3 is 0 Å². The van der Waals surface area contributed by atoms with Crippen LogP contribution in [0.15, 0.2) is 24.3 Å².